The third-order valence-corrected chi connectivity index (χ3v) is 4.68. The summed E-state index contributed by atoms with van der Waals surface area (Å²) in [5, 5.41) is 7.07. The normalized spacial score (nSPS) is 14.7. The molecule has 1 fully saturated rings. The first-order valence-electron chi connectivity index (χ1n) is 9.47. The van der Waals surface area contributed by atoms with Crippen LogP contribution in [0.2, 0.25) is 0 Å². The van der Waals surface area contributed by atoms with Crippen molar-refractivity contribution in [2.45, 2.75) is 51.6 Å². The lowest BCUT2D eigenvalue weighted by molar-refractivity contribution is 0.0526. The Hall–Kier alpha value is -2.56. The lowest BCUT2D eigenvalue weighted by atomic mass is 9.95. The zero-order chi connectivity index (χ0) is 18.2. The highest BCUT2D eigenvalue weighted by atomic mass is 16.5. The third-order valence-electron chi connectivity index (χ3n) is 4.68. The summed E-state index contributed by atoms with van der Waals surface area (Å²) in [7, 11) is 0. The van der Waals surface area contributed by atoms with Gasteiger partial charge in [-0.25, -0.2) is 4.79 Å². The minimum absolute atomic E-state index is 0.294. The zero-order valence-corrected chi connectivity index (χ0v) is 15.3. The highest BCUT2D eigenvalue weighted by Crippen LogP contribution is 2.28. The number of aromatic nitrogens is 1. The fourth-order valence-corrected chi connectivity index (χ4v) is 3.31. The molecule has 1 aromatic carbocycles. The molecular weight excluding hydrogens is 326 g/mol. The molecule has 0 spiro atoms. The zero-order valence-electron chi connectivity index (χ0n) is 15.3. The molecule has 1 saturated carbocycles. The molecule has 5 heteroatoms. The summed E-state index contributed by atoms with van der Waals surface area (Å²) < 4.78 is 5.14. The highest BCUT2D eigenvalue weighted by Gasteiger charge is 2.16. The van der Waals surface area contributed by atoms with Crippen molar-refractivity contribution in [2.24, 2.45) is 0 Å². The second kappa shape index (κ2) is 9.22. The van der Waals surface area contributed by atoms with Gasteiger partial charge >= 0.3 is 5.97 Å². The first-order valence-corrected chi connectivity index (χ1v) is 9.47. The van der Waals surface area contributed by atoms with Crippen LogP contribution < -0.4 is 10.6 Å². The summed E-state index contributed by atoms with van der Waals surface area (Å²) in [4.78, 5) is 16.4. The predicted molar refractivity (Wildman–Crippen MR) is 104 cm³/mol. The summed E-state index contributed by atoms with van der Waals surface area (Å²) in [6.45, 7) is 2.79. The van der Waals surface area contributed by atoms with E-state index in [4.69, 9.17) is 4.74 Å². The van der Waals surface area contributed by atoms with Gasteiger partial charge in [0.2, 0.25) is 0 Å². The number of ether oxygens (including phenoxy) is 1. The van der Waals surface area contributed by atoms with Crippen molar-refractivity contribution in [3.05, 3.63) is 53.9 Å². The van der Waals surface area contributed by atoms with Crippen molar-refractivity contribution in [3.63, 3.8) is 0 Å². The molecule has 1 heterocycles. The standard InChI is InChI=1S/C21H27N3O2/c1-2-26-21(25)16-11-12-19(24-17-8-4-3-5-9-17)20(14-16)23-15-18-10-6-7-13-22-18/h6-7,10-14,17,23-24H,2-5,8-9,15H2,1H3. The van der Waals surface area contributed by atoms with Gasteiger partial charge in [0.25, 0.3) is 0 Å². The number of carbonyl (C=O) groups is 1. The van der Waals surface area contributed by atoms with Crippen LogP contribution in [0.1, 0.15) is 55.1 Å². The van der Waals surface area contributed by atoms with Crippen molar-refractivity contribution in [1.82, 2.24) is 4.98 Å². The number of nitrogens with zero attached hydrogens (tertiary/aromatic N) is 1. The van der Waals surface area contributed by atoms with Crippen molar-refractivity contribution >= 4 is 17.3 Å². The summed E-state index contributed by atoms with van der Waals surface area (Å²) in [6, 6.07) is 12.0. The van der Waals surface area contributed by atoms with Gasteiger partial charge in [-0.05, 0) is 50.1 Å². The summed E-state index contributed by atoms with van der Waals surface area (Å²) in [5.41, 5.74) is 3.45. The van der Waals surface area contributed by atoms with Crippen molar-refractivity contribution < 1.29 is 9.53 Å². The Morgan fingerprint density at radius 3 is 2.73 bits per heavy atom. The largest absolute Gasteiger partial charge is 0.462 e. The van der Waals surface area contributed by atoms with Gasteiger partial charge in [-0.3, -0.25) is 4.98 Å². The molecule has 3 rings (SSSR count). The van der Waals surface area contributed by atoms with E-state index >= 15 is 0 Å². The molecule has 0 unspecified atom stereocenters. The van der Waals surface area contributed by atoms with Crippen LogP contribution in [0.3, 0.4) is 0 Å². The predicted octanol–water partition coefficient (Wildman–Crippen LogP) is 4.62. The Morgan fingerprint density at radius 2 is 2.00 bits per heavy atom. The molecule has 0 radical (unpaired) electrons. The van der Waals surface area contributed by atoms with Crippen molar-refractivity contribution in [1.29, 1.82) is 0 Å². The second-order valence-electron chi connectivity index (χ2n) is 6.63. The fraction of sp³-hybridized carbons (Fsp3) is 0.429. The highest BCUT2D eigenvalue weighted by molar-refractivity contribution is 5.92. The lowest BCUT2D eigenvalue weighted by Crippen LogP contribution is -2.23. The fourth-order valence-electron chi connectivity index (χ4n) is 3.31. The number of benzene rings is 1. The molecule has 2 N–H and O–H groups in total. The minimum atomic E-state index is -0.294. The maximum absolute atomic E-state index is 12.1. The van der Waals surface area contributed by atoms with Gasteiger partial charge in [0.1, 0.15) is 0 Å². The Balaban J connectivity index is 1.78. The summed E-state index contributed by atoms with van der Waals surface area (Å²) >= 11 is 0. The average Bonchev–Trinajstić information content (AvgIpc) is 2.69. The molecule has 0 bridgehead atoms. The number of rotatable bonds is 7. The van der Waals surface area contributed by atoms with Gasteiger partial charge in [-0.15, -0.1) is 0 Å². The van der Waals surface area contributed by atoms with Crippen LogP contribution in [0.25, 0.3) is 0 Å². The van der Waals surface area contributed by atoms with E-state index in [2.05, 4.69) is 15.6 Å². The number of esters is 1. The number of hydrogen-bond donors (Lipinski definition) is 2. The van der Waals surface area contributed by atoms with Gasteiger partial charge in [0.15, 0.2) is 0 Å². The number of anilines is 2. The lowest BCUT2D eigenvalue weighted by Gasteiger charge is -2.25. The smallest absolute Gasteiger partial charge is 0.338 e. The van der Waals surface area contributed by atoms with Gasteiger partial charge in [0, 0.05) is 12.2 Å². The van der Waals surface area contributed by atoms with Crippen LogP contribution >= 0.6 is 0 Å². The monoisotopic (exact) mass is 353 g/mol. The quantitative estimate of drug-likeness (QED) is 0.712. The maximum Gasteiger partial charge on any atom is 0.338 e. The molecule has 0 aliphatic heterocycles. The maximum atomic E-state index is 12.1. The van der Waals surface area contributed by atoms with Crippen molar-refractivity contribution in [2.75, 3.05) is 17.2 Å². The molecule has 0 saturated heterocycles. The minimum Gasteiger partial charge on any atom is -0.462 e. The van der Waals surface area contributed by atoms with Crippen LogP contribution in [0.5, 0.6) is 0 Å². The van der Waals surface area contributed by atoms with Crippen LogP contribution in [0, 0.1) is 0 Å². The van der Waals surface area contributed by atoms with Crippen LogP contribution in [0.15, 0.2) is 42.6 Å². The van der Waals surface area contributed by atoms with Gasteiger partial charge in [0.05, 0.1) is 35.8 Å². The molecule has 2 aromatic rings. The number of hydrogen-bond acceptors (Lipinski definition) is 5. The molecule has 1 aliphatic carbocycles. The summed E-state index contributed by atoms with van der Waals surface area (Å²) in [6.07, 6.45) is 8.04. The van der Waals surface area contributed by atoms with E-state index in [1.165, 1.54) is 32.1 Å². The molecule has 138 valence electrons. The molecule has 26 heavy (non-hydrogen) atoms. The molecule has 0 atom stereocenters. The molecule has 1 aromatic heterocycles. The van der Waals surface area contributed by atoms with E-state index in [0.717, 1.165) is 17.1 Å². The molecular formula is C21H27N3O2. The van der Waals surface area contributed by atoms with Crippen molar-refractivity contribution in [3.8, 4) is 0 Å². The van der Waals surface area contributed by atoms with E-state index in [0.29, 0.717) is 24.8 Å². The SMILES string of the molecule is CCOC(=O)c1ccc(NC2CCCCC2)c(NCc2ccccn2)c1. The Morgan fingerprint density at radius 1 is 1.15 bits per heavy atom. The Kier molecular flexibility index (Phi) is 6.47. The van der Waals surface area contributed by atoms with E-state index in [1.807, 2.05) is 43.3 Å². The van der Waals surface area contributed by atoms with Gasteiger partial charge < -0.3 is 15.4 Å². The van der Waals surface area contributed by atoms with E-state index in [9.17, 15) is 4.79 Å². The Bertz CT molecular complexity index is 712. The van der Waals surface area contributed by atoms with Gasteiger partial charge in [-0.2, -0.15) is 0 Å². The third kappa shape index (κ3) is 4.97. The Labute approximate surface area is 155 Å². The second-order valence-corrected chi connectivity index (χ2v) is 6.63. The van der Waals surface area contributed by atoms with E-state index in [-0.39, 0.29) is 5.97 Å². The van der Waals surface area contributed by atoms with Gasteiger partial charge in [-0.1, -0.05) is 25.3 Å². The van der Waals surface area contributed by atoms with E-state index < -0.39 is 0 Å². The number of nitrogens with one attached hydrogen (secondary N) is 2. The first-order chi connectivity index (χ1) is 12.8. The summed E-state index contributed by atoms with van der Waals surface area (Å²) in [5.74, 6) is -0.294. The number of pyridine rings is 1. The van der Waals surface area contributed by atoms with Crippen LogP contribution in [0.4, 0.5) is 11.4 Å². The first kappa shape index (κ1) is 18.2. The molecule has 1 aliphatic rings. The molecule has 0 amide bonds. The van der Waals surface area contributed by atoms with Crippen LogP contribution in [-0.2, 0) is 11.3 Å². The van der Waals surface area contributed by atoms with E-state index in [1.54, 1.807) is 6.20 Å². The molecule has 5 nitrogen and oxygen atoms in total. The number of carbonyl (C=O) groups excluding carboxylic acids is 1. The topological polar surface area (TPSA) is 63.2 Å². The van der Waals surface area contributed by atoms with Crippen LogP contribution in [-0.4, -0.2) is 23.6 Å². The average molecular weight is 353 g/mol.